The lowest BCUT2D eigenvalue weighted by molar-refractivity contribution is -0.660. The van der Waals surface area contributed by atoms with Crippen LogP contribution < -0.4 is 4.57 Å². The van der Waals surface area contributed by atoms with Crippen LogP contribution in [0.25, 0.3) is 22.4 Å². The third-order valence-corrected chi connectivity index (χ3v) is 4.81. The van der Waals surface area contributed by atoms with Gasteiger partial charge in [0.1, 0.15) is 7.05 Å². The first-order chi connectivity index (χ1) is 16.9. The lowest BCUT2D eigenvalue weighted by Crippen LogP contribution is -2.30. The van der Waals surface area contributed by atoms with Crippen LogP contribution in [0.5, 0.6) is 0 Å². The molecule has 1 saturated carbocycles. The molecular formula is C26H30N+. The number of aryl methyl sites for hydroxylation is 2. The number of aromatic nitrogens is 1. The molecule has 0 aliphatic heterocycles. The van der Waals surface area contributed by atoms with Crippen LogP contribution in [0.1, 0.15) is 63.1 Å². The van der Waals surface area contributed by atoms with Gasteiger partial charge in [0, 0.05) is 31.4 Å². The zero-order chi connectivity index (χ0) is 27.8. The van der Waals surface area contributed by atoms with Crippen LogP contribution in [0.3, 0.4) is 0 Å². The lowest BCUT2D eigenvalue weighted by atomic mass is 9.78. The summed E-state index contributed by atoms with van der Waals surface area (Å²) < 4.78 is 87.6. The Kier molecular flexibility index (Phi) is 2.75. The Morgan fingerprint density at radius 3 is 2.67 bits per heavy atom. The summed E-state index contributed by atoms with van der Waals surface area (Å²) in [6, 6.07) is 17.8. The molecule has 1 fully saturated rings. The van der Waals surface area contributed by atoms with Gasteiger partial charge in [-0.05, 0) is 59.8 Å². The van der Waals surface area contributed by atoms with Gasteiger partial charge in [0.2, 0.25) is 5.69 Å². The number of pyridine rings is 1. The minimum Gasteiger partial charge on any atom is -0.201 e. The molecule has 138 valence electrons. The second-order valence-electron chi connectivity index (χ2n) is 6.81. The molecule has 1 aliphatic carbocycles. The van der Waals surface area contributed by atoms with Crippen molar-refractivity contribution in [3.8, 4) is 22.4 Å². The van der Waals surface area contributed by atoms with Crippen LogP contribution in [0, 0.1) is 12.8 Å². The van der Waals surface area contributed by atoms with Crippen molar-refractivity contribution in [2.45, 2.75) is 45.2 Å². The molecule has 1 aliphatic rings. The van der Waals surface area contributed by atoms with E-state index in [1.807, 2.05) is 61.1 Å². The second kappa shape index (κ2) is 7.68. The summed E-state index contributed by atoms with van der Waals surface area (Å²) in [6.45, 7) is 2.91. The molecule has 27 heavy (non-hydrogen) atoms. The topological polar surface area (TPSA) is 3.88 Å². The average molecular weight is 367 g/mol. The Labute approximate surface area is 177 Å². The van der Waals surface area contributed by atoms with E-state index >= 15 is 0 Å². The smallest absolute Gasteiger partial charge is 0.201 e. The lowest BCUT2D eigenvalue weighted by Gasteiger charge is -2.27. The van der Waals surface area contributed by atoms with E-state index in [1.165, 1.54) is 12.1 Å². The minimum absolute atomic E-state index is 0.163. The molecular weight excluding hydrogens is 326 g/mol. The standard InChI is InChI=1S/C26H30N/c1-19-8-6-10-21(16-19)22-11-7-12-23(17-22)24-14-15-27(3)26(18-24)25-13-5-4-9-20(25)2/h4-5,7,9,11-15,17-19,21H,6,8,10,16H2,1-3H3/q+1/i6D2,8D2,10D2,16D2,19D,21D. The number of hydrogen-bond acceptors (Lipinski definition) is 0. The van der Waals surface area contributed by atoms with Crippen LogP contribution in [-0.2, 0) is 7.05 Å². The zero-order valence-electron chi connectivity index (χ0n) is 25.8. The van der Waals surface area contributed by atoms with Gasteiger partial charge < -0.3 is 0 Å². The molecule has 4 rings (SSSR count). The molecule has 0 bridgehead atoms. The predicted octanol–water partition coefficient (Wildman–Crippen LogP) is 6.45. The van der Waals surface area contributed by atoms with Crippen molar-refractivity contribution < 1.29 is 18.3 Å². The van der Waals surface area contributed by atoms with Crippen molar-refractivity contribution in [2.75, 3.05) is 0 Å². The summed E-state index contributed by atoms with van der Waals surface area (Å²) in [5, 5.41) is 0. The van der Waals surface area contributed by atoms with Crippen molar-refractivity contribution >= 4 is 0 Å². The van der Waals surface area contributed by atoms with E-state index in [2.05, 4.69) is 0 Å². The highest BCUT2D eigenvalue weighted by molar-refractivity contribution is 5.70. The quantitative estimate of drug-likeness (QED) is 0.469. The number of hydrogen-bond donors (Lipinski definition) is 0. The summed E-state index contributed by atoms with van der Waals surface area (Å²) in [4.78, 5) is 0. The fraction of sp³-hybridized carbons (Fsp3) is 0.346. The van der Waals surface area contributed by atoms with Crippen LogP contribution >= 0.6 is 0 Å². The van der Waals surface area contributed by atoms with Crippen LogP contribution in [0.15, 0.2) is 66.9 Å². The van der Waals surface area contributed by atoms with E-state index in [-0.39, 0.29) is 5.56 Å². The van der Waals surface area contributed by atoms with E-state index < -0.39 is 37.3 Å². The van der Waals surface area contributed by atoms with E-state index in [0.29, 0.717) is 5.56 Å². The highest BCUT2D eigenvalue weighted by Crippen LogP contribution is 2.37. The highest BCUT2D eigenvalue weighted by atomic mass is 14.9. The molecule has 1 heterocycles. The highest BCUT2D eigenvalue weighted by Gasteiger charge is 2.21. The maximum Gasteiger partial charge on any atom is 0.213 e. The number of rotatable bonds is 3. The molecule has 2 atom stereocenters. The van der Waals surface area contributed by atoms with Crippen LogP contribution in [-0.4, -0.2) is 0 Å². The van der Waals surface area contributed by atoms with Crippen LogP contribution in [0.4, 0.5) is 0 Å². The molecule has 1 nitrogen and oxygen atoms in total. The predicted molar refractivity (Wildman–Crippen MR) is 114 cm³/mol. The first-order valence-electron chi connectivity index (χ1n) is 14.0. The Balaban J connectivity index is 1.93. The van der Waals surface area contributed by atoms with Crippen molar-refractivity contribution in [2.24, 2.45) is 12.9 Å². The first kappa shape index (κ1) is 9.68. The molecule has 3 aromatic rings. The van der Waals surface area contributed by atoms with Crippen molar-refractivity contribution in [1.82, 2.24) is 0 Å². The maximum atomic E-state index is 9.17. The van der Waals surface area contributed by atoms with Gasteiger partial charge in [0.25, 0.3) is 0 Å². The van der Waals surface area contributed by atoms with E-state index in [9.17, 15) is 1.37 Å². The monoisotopic (exact) mass is 366 g/mol. The van der Waals surface area contributed by atoms with Gasteiger partial charge >= 0.3 is 0 Å². The second-order valence-corrected chi connectivity index (χ2v) is 6.81. The third kappa shape index (κ3) is 3.83. The SMILES string of the molecule is [2H]C1([2H])C([2H])([2H])C([2H])(C)C([2H])([2H])C([2H])(c2cccc(-c3cc[n+](C)c(-c4ccccc4C)c3)c2)C1([2H])[2H]. The van der Waals surface area contributed by atoms with Gasteiger partial charge in [-0.25, -0.2) is 4.57 Å². The van der Waals surface area contributed by atoms with E-state index in [1.54, 1.807) is 12.1 Å². The van der Waals surface area contributed by atoms with E-state index in [4.69, 9.17) is 12.3 Å². The Bertz CT molecular complexity index is 1330. The normalized spacial score (nSPS) is 38.2. The number of benzene rings is 2. The van der Waals surface area contributed by atoms with Crippen LogP contribution in [0.2, 0.25) is 0 Å². The summed E-state index contributed by atoms with van der Waals surface area (Å²) >= 11 is 0. The van der Waals surface area contributed by atoms with Gasteiger partial charge in [-0.3, -0.25) is 0 Å². The van der Waals surface area contributed by atoms with Gasteiger partial charge in [-0.15, -0.1) is 0 Å². The van der Waals surface area contributed by atoms with Crippen molar-refractivity contribution in [1.29, 1.82) is 0 Å². The maximum absolute atomic E-state index is 9.17. The number of nitrogens with zero attached hydrogens (tertiary/aromatic N) is 1. The molecule has 2 unspecified atom stereocenters. The van der Waals surface area contributed by atoms with Crippen molar-refractivity contribution in [3.63, 3.8) is 0 Å². The average Bonchev–Trinajstić information content (AvgIpc) is 2.83. The van der Waals surface area contributed by atoms with Gasteiger partial charge in [-0.1, -0.05) is 62.1 Å². The minimum atomic E-state index is -3.33. The molecule has 1 heteroatoms. The van der Waals surface area contributed by atoms with Gasteiger partial charge in [-0.2, -0.15) is 0 Å². The molecule has 1 aromatic heterocycles. The third-order valence-electron chi connectivity index (χ3n) is 4.81. The fourth-order valence-electron chi connectivity index (χ4n) is 3.31. The first-order valence-corrected chi connectivity index (χ1v) is 9.03. The Hall–Kier alpha value is -2.41. The molecule has 0 amide bonds. The van der Waals surface area contributed by atoms with Gasteiger partial charge in [0.15, 0.2) is 6.20 Å². The molecule has 0 radical (unpaired) electrons. The fourth-order valence-corrected chi connectivity index (χ4v) is 3.31. The summed E-state index contributed by atoms with van der Waals surface area (Å²) in [5.74, 6) is -5.70. The summed E-state index contributed by atoms with van der Waals surface area (Å²) in [6.07, 6.45) is -11.1. The molecule has 0 spiro atoms. The largest absolute Gasteiger partial charge is 0.213 e. The molecule has 0 N–H and O–H groups in total. The summed E-state index contributed by atoms with van der Waals surface area (Å²) in [5.41, 5.74) is 4.12. The molecule has 2 aromatic carbocycles. The van der Waals surface area contributed by atoms with Crippen molar-refractivity contribution in [3.05, 3.63) is 78.0 Å². The summed E-state index contributed by atoms with van der Waals surface area (Å²) in [7, 11) is 1.91. The Morgan fingerprint density at radius 2 is 1.81 bits per heavy atom. The van der Waals surface area contributed by atoms with Gasteiger partial charge in [0.05, 0.1) is 0 Å². The molecule has 0 saturated heterocycles. The van der Waals surface area contributed by atoms with E-state index in [0.717, 1.165) is 29.3 Å². The Morgan fingerprint density at radius 1 is 1.00 bits per heavy atom. The zero-order valence-corrected chi connectivity index (χ0v) is 15.8.